The van der Waals surface area contributed by atoms with Crippen molar-refractivity contribution in [3.63, 3.8) is 0 Å². The lowest BCUT2D eigenvalue weighted by Gasteiger charge is -2.36. The molecule has 1 N–H and O–H groups in total. The Balaban J connectivity index is 1.35. The van der Waals surface area contributed by atoms with Crippen LogP contribution in [0.25, 0.3) is 0 Å². The van der Waals surface area contributed by atoms with Gasteiger partial charge in [0, 0.05) is 38.3 Å². The number of nitrogens with zero attached hydrogens (tertiary/aromatic N) is 2. The summed E-state index contributed by atoms with van der Waals surface area (Å²) in [6, 6.07) is 14.7. The minimum atomic E-state index is -0.152. The Labute approximate surface area is 161 Å². The zero-order valence-corrected chi connectivity index (χ0v) is 16.0. The molecule has 0 atom stereocenters. The molecule has 1 heterocycles. The molecule has 144 valence electrons. The maximum atomic E-state index is 13.9. The van der Waals surface area contributed by atoms with Gasteiger partial charge in [-0.1, -0.05) is 31.2 Å². The van der Waals surface area contributed by atoms with Gasteiger partial charge in [0.15, 0.2) is 0 Å². The molecule has 0 saturated carbocycles. The second-order valence-electron chi connectivity index (χ2n) is 6.94. The van der Waals surface area contributed by atoms with E-state index in [1.165, 1.54) is 11.6 Å². The smallest absolute Gasteiger partial charge is 0.251 e. The molecule has 1 aliphatic heterocycles. The second-order valence-corrected chi connectivity index (χ2v) is 6.94. The van der Waals surface area contributed by atoms with Gasteiger partial charge >= 0.3 is 0 Å². The predicted molar refractivity (Wildman–Crippen MR) is 108 cm³/mol. The highest BCUT2D eigenvalue weighted by molar-refractivity contribution is 5.94. The molecule has 0 aliphatic carbocycles. The van der Waals surface area contributed by atoms with Gasteiger partial charge in [-0.25, -0.2) is 4.39 Å². The topological polar surface area (TPSA) is 35.6 Å². The standard InChI is InChI=1S/C22H28FN3O/c1-2-18-8-10-19(11-9-18)22(27)24-12-5-13-25-14-16-26(17-15-25)21-7-4-3-6-20(21)23/h3-4,6-11H,2,5,12-17H2,1H3,(H,24,27). The number of carbonyl (C=O) groups is 1. The number of nitrogens with one attached hydrogen (secondary N) is 1. The van der Waals surface area contributed by atoms with Crippen molar-refractivity contribution in [1.29, 1.82) is 0 Å². The molecule has 5 heteroatoms. The molecule has 2 aromatic carbocycles. The van der Waals surface area contributed by atoms with Crippen molar-refractivity contribution >= 4 is 11.6 Å². The zero-order valence-electron chi connectivity index (χ0n) is 16.0. The molecule has 1 saturated heterocycles. The highest BCUT2D eigenvalue weighted by Crippen LogP contribution is 2.20. The molecule has 0 aromatic heterocycles. The number of carbonyl (C=O) groups excluding carboxylic acids is 1. The van der Waals surface area contributed by atoms with Gasteiger partial charge in [-0.05, 0) is 49.2 Å². The van der Waals surface area contributed by atoms with Gasteiger partial charge in [0.1, 0.15) is 5.82 Å². The van der Waals surface area contributed by atoms with Crippen LogP contribution in [0.3, 0.4) is 0 Å². The third-order valence-corrected chi connectivity index (χ3v) is 5.13. The van der Waals surface area contributed by atoms with Crippen molar-refractivity contribution in [3.8, 4) is 0 Å². The first-order valence-corrected chi connectivity index (χ1v) is 9.76. The summed E-state index contributed by atoms with van der Waals surface area (Å²) < 4.78 is 13.9. The van der Waals surface area contributed by atoms with Gasteiger partial charge < -0.3 is 10.2 Å². The molecule has 1 aliphatic rings. The summed E-state index contributed by atoms with van der Waals surface area (Å²) in [7, 11) is 0. The number of aryl methyl sites for hydroxylation is 1. The summed E-state index contributed by atoms with van der Waals surface area (Å²) in [5.41, 5.74) is 2.64. The van der Waals surface area contributed by atoms with Crippen LogP contribution in [-0.2, 0) is 6.42 Å². The Morgan fingerprint density at radius 1 is 1.04 bits per heavy atom. The maximum Gasteiger partial charge on any atom is 0.251 e. The molecule has 27 heavy (non-hydrogen) atoms. The van der Waals surface area contributed by atoms with Gasteiger partial charge in [-0.3, -0.25) is 9.69 Å². The van der Waals surface area contributed by atoms with Gasteiger partial charge in [0.05, 0.1) is 5.69 Å². The summed E-state index contributed by atoms with van der Waals surface area (Å²) in [6.45, 7) is 7.21. The number of hydrogen-bond donors (Lipinski definition) is 1. The summed E-state index contributed by atoms with van der Waals surface area (Å²) >= 11 is 0. The Morgan fingerprint density at radius 2 is 1.74 bits per heavy atom. The van der Waals surface area contributed by atoms with Crippen molar-refractivity contribution in [2.24, 2.45) is 0 Å². The number of halogens is 1. The molecule has 0 bridgehead atoms. The lowest BCUT2D eigenvalue weighted by atomic mass is 10.1. The molecule has 0 radical (unpaired) electrons. The molecule has 0 unspecified atom stereocenters. The van der Waals surface area contributed by atoms with Crippen LogP contribution in [0.2, 0.25) is 0 Å². The van der Waals surface area contributed by atoms with Gasteiger partial charge in [-0.2, -0.15) is 0 Å². The largest absolute Gasteiger partial charge is 0.367 e. The number of hydrogen-bond acceptors (Lipinski definition) is 3. The molecule has 0 spiro atoms. The molecule has 3 rings (SSSR count). The van der Waals surface area contributed by atoms with Crippen molar-refractivity contribution in [1.82, 2.24) is 10.2 Å². The first kappa shape index (κ1) is 19.4. The van der Waals surface area contributed by atoms with Crippen LogP contribution in [0, 0.1) is 5.82 Å². The highest BCUT2D eigenvalue weighted by atomic mass is 19.1. The third kappa shape index (κ3) is 5.30. The molecule has 1 amide bonds. The molecular formula is C22H28FN3O. The average molecular weight is 369 g/mol. The van der Waals surface area contributed by atoms with E-state index in [9.17, 15) is 9.18 Å². The van der Waals surface area contributed by atoms with Crippen LogP contribution in [0.1, 0.15) is 29.3 Å². The quantitative estimate of drug-likeness (QED) is 0.761. The summed E-state index contributed by atoms with van der Waals surface area (Å²) in [6.07, 6.45) is 1.89. The number of anilines is 1. The van der Waals surface area contributed by atoms with Crippen LogP contribution < -0.4 is 10.2 Å². The zero-order chi connectivity index (χ0) is 19.1. The number of amides is 1. The molecular weight excluding hydrogens is 341 g/mol. The Kier molecular flexibility index (Phi) is 6.82. The van der Waals surface area contributed by atoms with E-state index >= 15 is 0 Å². The van der Waals surface area contributed by atoms with Crippen LogP contribution in [-0.4, -0.2) is 50.1 Å². The van der Waals surface area contributed by atoms with Gasteiger partial charge in [0.2, 0.25) is 0 Å². The SMILES string of the molecule is CCc1ccc(C(=O)NCCCN2CCN(c3ccccc3F)CC2)cc1. The van der Waals surface area contributed by atoms with E-state index in [4.69, 9.17) is 0 Å². The van der Waals surface area contributed by atoms with Crippen LogP contribution in [0.5, 0.6) is 0 Å². The Bertz CT molecular complexity index is 739. The molecule has 2 aromatic rings. The fraction of sp³-hybridized carbons (Fsp3) is 0.409. The fourth-order valence-corrected chi connectivity index (χ4v) is 3.42. The summed E-state index contributed by atoms with van der Waals surface area (Å²) in [4.78, 5) is 16.6. The lowest BCUT2D eigenvalue weighted by molar-refractivity contribution is 0.0951. The van der Waals surface area contributed by atoms with Gasteiger partial charge in [-0.15, -0.1) is 0 Å². The van der Waals surface area contributed by atoms with Gasteiger partial charge in [0.25, 0.3) is 5.91 Å². The average Bonchev–Trinajstić information content (AvgIpc) is 2.72. The number of rotatable bonds is 7. The van der Waals surface area contributed by atoms with Crippen molar-refractivity contribution < 1.29 is 9.18 Å². The summed E-state index contributed by atoms with van der Waals surface area (Å²) in [5.74, 6) is -0.164. The normalized spacial score (nSPS) is 15.0. The molecule has 1 fully saturated rings. The molecule has 4 nitrogen and oxygen atoms in total. The lowest BCUT2D eigenvalue weighted by Crippen LogP contribution is -2.47. The number of para-hydroxylation sites is 1. The van der Waals surface area contributed by atoms with Crippen molar-refractivity contribution in [3.05, 3.63) is 65.5 Å². The highest BCUT2D eigenvalue weighted by Gasteiger charge is 2.18. The second kappa shape index (κ2) is 9.51. The van der Waals surface area contributed by atoms with Crippen LogP contribution in [0.4, 0.5) is 10.1 Å². The van der Waals surface area contributed by atoms with E-state index in [-0.39, 0.29) is 11.7 Å². The van der Waals surface area contributed by atoms with E-state index in [2.05, 4.69) is 22.0 Å². The third-order valence-electron chi connectivity index (χ3n) is 5.13. The fourth-order valence-electron chi connectivity index (χ4n) is 3.42. The van der Waals surface area contributed by atoms with Crippen molar-refractivity contribution in [2.75, 3.05) is 44.2 Å². The van der Waals surface area contributed by atoms with Crippen LogP contribution in [0.15, 0.2) is 48.5 Å². The van der Waals surface area contributed by atoms with E-state index in [0.717, 1.165) is 45.6 Å². The van der Waals surface area contributed by atoms with E-state index < -0.39 is 0 Å². The number of benzene rings is 2. The minimum absolute atomic E-state index is 0.0120. The Hall–Kier alpha value is -2.40. The number of piperazine rings is 1. The predicted octanol–water partition coefficient (Wildman–Crippen LogP) is 3.33. The van der Waals surface area contributed by atoms with Crippen LogP contribution >= 0.6 is 0 Å². The van der Waals surface area contributed by atoms with E-state index in [1.54, 1.807) is 6.07 Å². The first-order chi connectivity index (χ1) is 13.2. The maximum absolute atomic E-state index is 13.9. The minimum Gasteiger partial charge on any atom is -0.367 e. The first-order valence-electron chi connectivity index (χ1n) is 9.76. The Morgan fingerprint density at radius 3 is 2.41 bits per heavy atom. The monoisotopic (exact) mass is 369 g/mol. The van der Waals surface area contributed by atoms with E-state index in [1.807, 2.05) is 36.4 Å². The summed E-state index contributed by atoms with van der Waals surface area (Å²) in [5, 5.41) is 2.99. The van der Waals surface area contributed by atoms with E-state index in [0.29, 0.717) is 17.8 Å². The van der Waals surface area contributed by atoms with Crippen molar-refractivity contribution in [2.45, 2.75) is 19.8 Å².